The highest BCUT2D eigenvalue weighted by molar-refractivity contribution is 7.99. The molecule has 5 aromatic rings. The zero-order chi connectivity index (χ0) is 36.7. The number of benzene rings is 5. The van der Waals surface area contributed by atoms with Gasteiger partial charge in [0.05, 0.1) is 6.61 Å². The summed E-state index contributed by atoms with van der Waals surface area (Å²) in [6.07, 6.45) is 4.38. The minimum absolute atomic E-state index is 0.225. The summed E-state index contributed by atoms with van der Waals surface area (Å²) in [7, 11) is 0. The van der Waals surface area contributed by atoms with Crippen LogP contribution in [0.2, 0.25) is 0 Å². The van der Waals surface area contributed by atoms with Gasteiger partial charge in [0.25, 0.3) is 0 Å². The lowest BCUT2D eigenvalue weighted by Gasteiger charge is -2.37. The lowest BCUT2D eigenvalue weighted by molar-refractivity contribution is -0.140. The Morgan fingerprint density at radius 1 is 0.731 bits per heavy atom. The number of hydrogen-bond acceptors (Lipinski definition) is 7. The van der Waals surface area contributed by atoms with Gasteiger partial charge in [0.1, 0.15) is 18.4 Å². The van der Waals surface area contributed by atoms with Crippen LogP contribution >= 0.6 is 11.8 Å². The van der Waals surface area contributed by atoms with Crippen molar-refractivity contribution in [3.63, 3.8) is 0 Å². The van der Waals surface area contributed by atoms with Gasteiger partial charge in [-0.2, -0.15) is 0 Å². The van der Waals surface area contributed by atoms with E-state index in [9.17, 15) is 14.7 Å². The van der Waals surface area contributed by atoms with E-state index < -0.39 is 12.0 Å². The zero-order valence-corrected chi connectivity index (χ0v) is 32.4. The first kappa shape index (κ1) is 36.7. The topological polar surface area (TPSA) is 91.3 Å². The highest BCUT2D eigenvalue weighted by Gasteiger charge is 2.32. The lowest BCUT2D eigenvalue weighted by atomic mass is 9.82. The number of carboxylic acid groups (broad SMARTS) is 1. The molecule has 2 aliphatic heterocycles. The first-order valence-corrected chi connectivity index (χ1v) is 20.3. The largest absolute Gasteiger partial charge is 0.491 e. The van der Waals surface area contributed by atoms with Crippen molar-refractivity contribution in [2.75, 3.05) is 25.6 Å². The Bertz CT molecular complexity index is 2120. The molecule has 9 heteroatoms. The molecule has 7 rings (SSSR count). The van der Waals surface area contributed by atoms with Crippen LogP contribution in [0.25, 0.3) is 43.1 Å². The Kier molecular flexibility index (Phi) is 10.9. The van der Waals surface area contributed by atoms with E-state index in [0.717, 1.165) is 67.9 Å². The number of nitrogens with one attached hydrogen (secondary N) is 1. The number of carboxylic acids is 1. The van der Waals surface area contributed by atoms with Crippen LogP contribution in [0.3, 0.4) is 0 Å². The van der Waals surface area contributed by atoms with E-state index in [1.165, 1.54) is 78.6 Å². The number of aliphatic carboxylic acids is 1. The molecule has 8 nitrogen and oxygen atoms in total. The van der Waals surface area contributed by atoms with E-state index in [1.54, 1.807) is 0 Å². The maximum absolute atomic E-state index is 12.3. The second-order valence-corrected chi connectivity index (χ2v) is 15.6. The van der Waals surface area contributed by atoms with Gasteiger partial charge in [-0.1, -0.05) is 52.0 Å². The van der Waals surface area contributed by atoms with Crippen molar-refractivity contribution in [2.45, 2.75) is 116 Å². The van der Waals surface area contributed by atoms with Gasteiger partial charge >= 0.3 is 5.97 Å². The molecule has 0 radical (unpaired) electrons. The van der Waals surface area contributed by atoms with E-state index in [2.05, 4.69) is 79.2 Å². The standard InChI is InChI=1S/C43H53N3O5S/c1-7-30(8-2)45-20-26-13-15-33-40-36(52-24-34(43(48)49)44-25(6)47)19-29-23-46(31(9-3)10-4)21-27-12-14-32(42(40)38(27)29)39-35(51-17-16-50-11-5)18-28(22-45)37(26)41(33)39/h12-15,18-19,30-31,34H,7-11,16-17,20-24H2,1-6H3,(H,44,47)(H,48,49). The molecule has 2 aliphatic rings. The van der Waals surface area contributed by atoms with Crippen LogP contribution in [-0.2, 0) is 40.5 Å². The fourth-order valence-electron chi connectivity index (χ4n) is 9.15. The average Bonchev–Trinajstić information content (AvgIpc) is 3.13. The lowest BCUT2D eigenvalue weighted by Crippen LogP contribution is -2.41. The number of rotatable bonds is 16. The summed E-state index contributed by atoms with van der Waals surface area (Å²) in [5.41, 5.74) is 5.24. The quantitative estimate of drug-likeness (QED) is 0.0452. The fourth-order valence-corrected chi connectivity index (χ4v) is 10.3. The summed E-state index contributed by atoms with van der Waals surface area (Å²) in [4.78, 5) is 30.6. The SMILES string of the molecule is CCOCCOc1cc2c3c(ccc4c5c(SCC(NC(C)=O)C(=O)O)cc6c7c(ccc(c1c34)c75)CN(C(CC)CC)C6)CN(C(CC)CC)C2. The number of carbonyl (C=O) groups excluding carboxylic acids is 1. The molecule has 0 saturated heterocycles. The second kappa shape index (κ2) is 15.4. The Labute approximate surface area is 311 Å². The summed E-state index contributed by atoms with van der Waals surface area (Å²) >= 11 is 1.54. The van der Waals surface area contributed by atoms with Crippen molar-refractivity contribution in [2.24, 2.45) is 0 Å². The fraction of sp³-hybridized carbons (Fsp3) is 0.488. The molecule has 0 saturated carbocycles. The summed E-state index contributed by atoms with van der Waals surface area (Å²) in [6.45, 7) is 17.6. The third-order valence-electron chi connectivity index (χ3n) is 11.5. The van der Waals surface area contributed by atoms with Crippen molar-refractivity contribution in [1.29, 1.82) is 0 Å². The number of thioether (sulfide) groups is 1. The molecule has 2 N–H and O–H groups in total. The van der Waals surface area contributed by atoms with Crippen LogP contribution in [0.5, 0.6) is 5.75 Å². The number of ether oxygens (including phenoxy) is 2. The van der Waals surface area contributed by atoms with E-state index in [0.29, 0.717) is 31.9 Å². The van der Waals surface area contributed by atoms with Crippen molar-refractivity contribution >= 4 is 66.7 Å². The molecule has 0 fully saturated rings. The van der Waals surface area contributed by atoms with Gasteiger partial charge in [0.15, 0.2) is 0 Å². The molecule has 276 valence electrons. The van der Waals surface area contributed by atoms with Crippen LogP contribution < -0.4 is 10.1 Å². The van der Waals surface area contributed by atoms with Crippen LogP contribution in [0, 0.1) is 0 Å². The van der Waals surface area contributed by atoms with Crippen molar-refractivity contribution in [1.82, 2.24) is 15.1 Å². The molecule has 0 spiro atoms. The summed E-state index contributed by atoms with van der Waals surface area (Å²) in [5, 5.41) is 22.5. The maximum atomic E-state index is 12.3. The highest BCUT2D eigenvalue weighted by atomic mass is 32.2. The Morgan fingerprint density at radius 2 is 1.27 bits per heavy atom. The Hall–Kier alpha value is -3.63. The van der Waals surface area contributed by atoms with Gasteiger partial charge in [-0.25, -0.2) is 4.79 Å². The average molecular weight is 724 g/mol. The van der Waals surface area contributed by atoms with Gasteiger partial charge in [0.2, 0.25) is 5.91 Å². The van der Waals surface area contributed by atoms with E-state index in [4.69, 9.17) is 9.47 Å². The summed E-state index contributed by atoms with van der Waals surface area (Å²) < 4.78 is 12.4. The van der Waals surface area contributed by atoms with Gasteiger partial charge in [-0.05, 0) is 93.9 Å². The molecule has 0 aliphatic carbocycles. The maximum Gasteiger partial charge on any atom is 0.327 e. The second-order valence-electron chi connectivity index (χ2n) is 14.6. The molecule has 2 heterocycles. The van der Waals surface area contributed by atoms with Crippen molar-refractivity contribution in [3.05, 3.63) is 58.7 Å². The predicted molar refractivity (Wildman–Crippen MR) is 213 cm³/mol. The van der Waals surface area contributed by atoms with Gasteiger partial charge in [-0.15, -0.1) is 11.8 Å². The summed E-state index contributed by atoms with van der Waals surface area (Å²) in [6, 6.07) is 13.9. The van der Waals surface area contributed by atoms with Crippen LogP contribution in [-0.4, -0.2) is 70.5 Å². The molecule has 1 amide bonds. The minimum atomic E-state index is -1.03. The van der Waals surface area contributed by atoms with Crippen molar-refractivity contribution < 1.29 is 24.2 Å². The first-order valence-electron chi connectivity index (χ1n) is 19.3. The normalized spacial score (nSPS) is 15.5. The van der Waals surface area contributed by atoms with Gasteiger partial charge in [0, 0.05) is 78.6 Å². The molecule has 52 heavy (non-hydrogen) atoms. The number of carbonyl (C=O) groups is 2. The third kappa shape index (κ3) is 6.48. The smallest absolute Gasteiger partial charge is 0.327 e. The number of amides is 1. The Morgan fingerprint density at radius 3 is 1.81 bits per heavy atom. The molecule has 0 bridgehead atoms. The number of fused-ring (bicyclic) bond motifs is 2. The minimum Gasteiger partial charge on any atom is -0.491 e. The van der Waals surface area contributed by atoms with E-state index in [-0.39, 0.29) is 11.7 Å². The van der Waals surface area contributed by atoms with Crippen LogP contribution in [0.4, 0.5) is 0 Å². The van der Waals surface area contributed by atoms with Gasteiger partial charge in [-0.3, -0.25) is 14.6 Å². The molecular weight excluding hydrogens is 671 g/mol. The molecule has 1 unspecified atom stereocenters. The van der Waals surface area contributed by atoms with Crippen LogP contribution in [0.1, 0.15) is 89.5 Å². The Balaban J connectivity index is 1.52. The molecule has 1 atom stereocenters. The monoisotopic (exact) mass is 723 g/mol. The number of hydrogen-bond donors (Lipinski definition) is 2. The highest BCUT2D eigenvalue weighted by Crippen LogP contribution is 2.52. The summed E-state index contributed by atoms with van der Waals surface area (Å²) in [5.74, 6) is -0.245. The van der Waals surface area contributed by atoms with Crippen LogP contribution in [0.15, 0.2) is 41.3 Å². The third-order valence-corrected chi connectivity index (χ3v) is 12.7. The van der Waals surface area contributed by atoms with Crippen molar-refractivity contribution in [3.8, 4) is 5.75 Å². The number of nitrogens with zero attached hydrogens (tertiary/aromatic N) is 2. The zero-order valence-electron chi connectivity index (χ0n) is 31.6. The van der Waals surface area contributed by atoms with Gasteiger partial charge < -0.3 is 19.9 Å². The molecule has 0 aromatic heterocycles. The molecular formula is C43H53N3O5S. The van der Waals surface area contributed by atoms with E-state index >= 15 is 0 Å². The molecule has 5 aromatic carbocycles. The van der Waals surface area contributed by atoms with E-state index in [1.807, 2.05) is 6.92 Å². The first-order chi connectivity index (χ1) is 25.2. The predicted octanol–water partition coefficient (Wildman–Crippen LogP) is 8.84.